The summed E-state index contributed by atoms with van der Waals surface area (Å²) < 4.78 is 0. The Morgan fingerprint density at radius 1 is 1.44 bits per heavy atom. The van der Waals surface area contributed by atoms with Crippen LogP contribution in [-0.4, -0.2) is 36.0 Å². The van der Waals surface area contributed by atoms with Gasteiger partial charge in [0.25, 0.3) is 0 Å². The van der Waals surface area contributed by atoms with Crippen molar-refractivity contribution in [3.8, 4) is 0 Å². The molecule has 0 fully saturated rings. The second-order valence-electron chi connectivity index (χ2n) is 4.80. The highest BCUT2D eigenvalue weighted by Crippen LogP contribution is 2.08. The van der Waals surface area contributed by atoms with Crippen LogP contribution in [-0.2, 0) is 4.79 Å². The number of hydrogen-bond acceptors (Lipinski definition) is 3. The van der Waals surface area contributed by atoms with Gasteiger partial charge in [0, 0.05) is 10.8 Å². The highest BCUT2D eigenvalue weighted by molar-refractivity contribution is 7.99. The molecule has 4 heteroatoms. The van der Waals surface area contributed by atoms with Gasteiger partial charge in [0.1, 0.15) is 0 Å². The van der Waals surface area contributed by atoms with Crippen molar-refractivity contribution in [1.82, 2.24) is 10.6 Å². The molecule has 1 amide bonds. The van der Waals surface area contributed by atoms with E-state index in [-0.39, 0.29) is 11.4 Å². The van der Waals surface area contributed by atoms with Gasteiger partial charge in [-0.25, -0.2) is 0 Å². The first-order valence-corrected chi connectivity index (χ1v) is 7.24. The fraction of sp³-hybridized carbons (Fsp3) is 0.917. The van der Waals surface area contributed by atoms with Crippen molar-refractivity contribution in [2.24, 2.45) is 0 Å². The second-order valence-corrected chi connectivity index (χ2v) is 6.07. The first-order valence-electron chi connectivity index (χ1n) is 5.95. The molecule has 0 bridgehead atoms. The lowest BCUT2D eigenvalue weighted by molar-refractivity contribution is -0.121. The summed E-state index contributed by atoms with van der Waals surface area (Å²) >= 11 is 1.86. The molecule has 0 aromatic heterocycles. The highest BCUT2D eigenvalue weighted by atomic mass is 32.2. The Bertz CT molecular complexity index is 207. The largest absolute Gasteiger partial charge is 0.350 e. The average Bonchev–Trinajstić information content (AvgIpc) is 2.23. The van der Waals surface area contributed by atoms with E-state index in [0.29, 0.717) is 11.8 Å². The Kier molecular flexibility index (Phi) is 7.85. The Balaban J connectivity index is 3.59. The topological polar surface area (TPSA) is 41.1 Å². The lowest BCUT2D eigenvalue weighted by atomic mass is 10.0. The van der Waals surface area contributed by atoms with E-state index in [1.54, 1.807) is 0 Å². The summed E-state index contributed by atoms with van der Waals surface area (Å²) in [5, 5.41) is 6.83. The van der Waals surface area contributed by atoms with Crippen molar-refractivity contribution in [3.63, 3.8) is 0 Å². The van der Waals surface area contributed by atoms with Crippen molar-refractivity contribution >= 4 is 17.7 Å². The third-order valence-corrected chi connectivity index (χ3v) is 3.82. The highest BCUT2D eigenvalue weighted by Gasteiger charge is 2.16. The van der Waals surface area contributed by atoms with Gasteiger partial charge in [-0.15, -0.1) is 0 Å². The van der Waals surface area contributed by atoms with Crippen molar-refractivity contribution in [1.29, 1.82) is 0 Å². The van der Waals surface area contributed by atoms with Gasteiger partial charge in [0.2, 0.25) is 5.91 Å². The molecule has 0 saturated heterocycles. The van der Waals surface area contributed by atoms with Gasteiger partial charge >= 0.3 is 0 Å². The SMILES string of the molecule is CCC(C)(C)NC(=O)CNCCC(C)SC. The fourth-order valence-corrected chi connectivity index (χ4v) is 1.49. The van der Waals surface area contributed by atoms with Crippen molar-refractivity contribution in [3.05, 3.63) is 0 Å². The molecule has 96 valence electrons. The maximum atomic E-state index is 11.6. The minimum Gasteiger partial charge on any atom is -0.350 e. The van der Waals surface area contributed by atoms with Gasteiger partial charge in [0.05, 0.1) is 6.54 Å². The molecule has 0 saturated carbocycles. The van der Waals surface area contributed by atoms with Crippen molar-refractivity contribution in [2.45, 2.75) is 51.3 Å². The van der Waals surface area contributed by atoms with E-state index in [4.69, 9.17) is 0 Å². The maximum Gasteiger partial charge on any atom is 0.234 e. The standard InChI is InChI=1S/C12H26N2OS/c1-6-12(3,4)14-11(15)9-13-8-7-10(2)16-5/h10,13H,6-9H2,1-5H3,(H,14,15). The second kappa shape index (κ2) is 7.96. The Morgan fingerprint density at radius 2 is 2.06 bits per heavy atom. The van der Waals surface area contributed by atoms with Gasteiger partial charge < -0.3 is 10.6 Å². The lowest BCUT2D eigenvalue weighted by Gasteiger charge is -2.24. The summed E-state index contributed by atoms with van der Waals surface area (Å²) in [7, 11) is 0. The molecule has 0 spiro atoms. The molecule has 0 rings (SSSR count). The van der Waals surface area contributed by atoms with E-state index in [9.17, 15) is 4.79 Å². The van der Waals surface area contributed by atoms with Crippen LogP contribution in [0, 0.1) is 0 Å². The predicted octanol–water partition coefficient (Wildman–Crippen LogP) is 2.02. The molecule has 1 atom stereocenters. The lowest BCUT2D eigenvalue weighted by Crippen LogP contribution is -2.46. The van der Waals surface area contributed by atoms with Gasteiger partial charge in [-0.2, -0.15) is 11.8 Å². The van der Waals surface area contributed by atoms with E-state index in [1.807, 2.05) is 25.6 Å². The van der Waals surface area contributed by atoms with E-state index >= 15 is 0 Å². The van der Waals surface area contributed by atoms with E-state index < -0.39 is 0 Å². The summed E-state index contributed by atoms with van der Waals surface area (Å²) in [6, 6.07) is 0. The number of rotatable bonds is 8. The summed E-state index contributed by atoms with van der Waals surface area (Å²) in [5.74, 6) is 0.0867. The number of hydrogen-bond donors (Lipinski definition) is 2. The van der Waals surface area contributed by atoms with E-state index in [2.05, 4.69) is 30.7 Å². The normalized spacial score (nSPS) is 13.6. The number of carbonyl (C=O) groups is 1. The molecular weight excluding hydrogens is 220 g/mol. The van der Waals surface area contributed by atoms with Crippen LogP contribution in [0.25, 0.3) is 0 Å². The molecule has 0 aliphatic heterocycles. The first kappa shape index (κ1) is 15.8. The summed E-state index contributed by atoms with van der Waals surface area (Å²) in [6.45, 7) is 9.69. The number of nitrogens with one attached hydrogen (secondary N) is 2. The number of amides is 1. The minimum absolute atomic E-state index is 0.0867. The molecule has 0 aromatic carbocycles. The molecule has 2 N–H and O–H groups in total. The summed E-state index contributed by atoms with van der Waals surface area (Å²) in [5.41, 5.74) is -0.0919. The molecule has 1 unspecified atom stereocenters. The zero-order valence-corrected chi connectivity index (χ0v) is 12.0. The van der Waals surface area contributed by atoms with Crippen LogP contribution >= 0.6 is 11.8 Å². The van der Waals surface area contributed by atoms with E-state index in [0.717, 1.165) is 19.4 Å². The number of carbonyl (C=O) groups excluding carboxylic acids is 1. The Labute approximate surface area is 104 Å². The molecule has 0 heterocycles. The van der Waals surface area contributed by atoms with Gasteiger partial charge in [-0.1, -0.05) is 13.8 Å². The van der Waals surface area contributed by atoms with Gasteiger partial charge in [-0.3, -0.25) is 4.79 Å². The fourth-order valence-electron chi connectivity index (χ4n) is 1.14. The van der Waals surface area contributed by atoms with Crippen LogP contribution in [0.3, 0.4) is 0 Å². The average molecular weight is 246 g/mol. The zero-order valence-electron chi connectivity index (χ0n) is 11.2. The van der Waals surface area contributed by atoms with Gasteiger partial charge in [-0.05, 0) is 39.5 Å². The van der Waals surface area contributed by atoms with Crippen LogP contribution in [0.4, 0.5) is 0 Å². The Morgan fingerprint density at radius 3 is 2.56 bits per heavy atom. The molecular formula is C12H26N2OS. The smallest absolute Gasteiger partial charge is 0.234 e. The first-order chi connectivity index (χ1) is 7.41. The number of thioether (sulfide) groups is 1. The molecule has 0 radical (unpaired) electrons. The maximum absolute atomic E-state index is 11.6. The minimum atomic E-state index is -0.0919. The molecule has 16 heavy (non-hydrogen) atoms. The van der Waals surface area contributed by atoms with Crippen LogP contribution in [0.2, 0.25) is 0 Å². The quantitative estimate of drug-likeness (QED) is 0.644. The van der Waals surface area contributed by atoms with Crippen LogP contribution in [0.1, 0.15) is 40.5 Å². The van der Waals surface area contributed by atoms with Crippen LogP contribution in [0.5, 0.6) is 0 Å². The van der Waals surface area contributed by atoms with Gasteiger partial charge in [0.15, 0.2) is 0 Å². The van der Waals surface area contributed by atoms with Crippen LogP contribution < -0.4 is 10.6 Å². The summed E-state index contributed by atoms with van der Waals surface area (Å²) in [4.78, 5) is 11.6. The zero-order chi connectivity index (χ0) is 12.6. The molecule has 0 aliphatic carbocycles. The van der Waals surface area contributed by atoms with Crippen molar-refractivity contribution < 1.29 is 4.79 Å². The third-order valence-electron chi connectivity index (χ3n) is 2.78. The van der Waals surface area contributed by atoms with E-state index in [1.165, 1.54) is 0 Å². The summed E-state index contributed by atoms with van der Waals surface area (Å²) in [6.07, 6.45) is 4.16. The van der Waals surface area contributed by atoms with Crippen LogP contribution in [0.15, 0.2) is 0 Å². The van der Waals surface area contributed by atoms with Crippen molar-refractivity contribution in [2.75, 3.05) is 19.3 Å². The molecule has 3 nitrogen and oxygen atoms in total. The predicted molar refractivity (Wildman–Crippen MR) is 73.0 cm³/mol. The monoisotopic (exact) mass is 246 g/mol. The third kappa shape index (κ3) is 7.99. The molecule has 0 aliphatic rings. The molecule has 0 aromatic rings. The Hall–Kier alpha value is -0.220.